The van der Waals surface area contributed by atoms with Crippen molar-refractivity contribution < 1.29 is 14.3 Å². The Hall–Kier alpha value is -5.45. The van der Waals surface area contributed by atoms with Gasteiger partial charge >= 0.3 is 6.09 Å². The van der Waals surface area contributed by atoms with E-state index in [-0.39, 0.29) is 12.2 Å². The minimum atomic E-state index is -0.716. The lowest BCUT2D eigenvalue weighted by molar-refractivity contribution is 0.0598. The van der Waals surface area contributed by atoms with Crippen LogP contribution in [0.1, 0.15) is 37.0 Å². The first-order valence-electron chi connectivity index (χ1n) is 12.9. The maximum absolute atomic E-state index is 13.4. The average Bonchev–Trinajstić information content (AvgIpc) is 3.59. The van der Waals surface area contributed by atoms with Crippen LogP contribution in [-0.4, -0.2) is 52.6 Å². The van der Waals surface area contributed by atoms with E-state index in [1.807, 2.05) is 57.2 Å². The lowest BCUT2D eigenvalue weighted by Gasteiger charge is -2.27. The molecule has 41 heavy (non-hydrogen) atoms. The predicted octanol–water partition coefficient (Wildman–Crippen LogP) is 5.79. The molecule has 0 fully saturated rings. The number of Topliss-reactive ketones (excluding diaryl/α,β-unsaturated/α-hetero) is 1. The zero-order valence-electron chi connectivity index (χ0n) is 22.6. The number of amides is 1. The quantitative estimate of drug-likeness (QED) is 0.250. The summed E-state index contributed by atoms with van der Waals surface area (Å²) in [6.07, 6.45) is 7.57. The van der Waals surface area contributed by atoms with Gasteiger partial charge in [0.1, 0.15) is 11.4 Å². The third-order valence-electron chi connectivity index (χ3n) is 6.27. The zero-order chi connectivity index (χ0) is 28.6. The van der Waals surface area contributed by atoms with Crippen molar-refractivity contribution in [1.29, 1.82) is 0 Å². The average molecular weight is 547 g/mol. The molecule has 0 saturated heterocycles. The number of ketones is 1. The molecule has 0 unspecified atom stereocenters. The lowest BCUT2D eigenvalue weighted by Crippen LogP contribution is -2.34. The van der Waals surface area contributed by atoms with E-state index in [4.69, 9.17) is 9.72 Å². The molecule has 4 heterocycles. The van der Waals surface area contributed by atoms with E-state index in [9.17, 15) is 9.59 Å². The maximum Gasteiger partial charge on any atom is 0.420 e. The Balaban J connectivity index is 1.34. The number of H-pyrrole nitrogens is 2. The molecule has 2 N–H and O–H groups in total. The molecule has 0 spiro atoms. The first kappa shape index (κ1) is 25.8. The molecule has 6 rings (SSSR count). The Labute approximate surface area is 234 Å². The number of anilines is 2. The van der Waals surface area contributed by atoms with Crippen molar-refractivity contribution in [2.45, 2.75) is 32.8 Å². The van der Waals surface area contributed by atoms with Gasteiger partial charge in [0, 0.05) is 46.6 Å². The second kappa shape index (κ2) is 10.3. The van der Waals surface area contributed by atoms with E-state index in [1.165, 1.54) is 4.90 Å². The number of aromatic amines is 2. The molecular weight excluding hydrogens is 520 g/mol. The number of ether oxygens (including phenoxy) is 1. The highest BCUT2D eigenvalue weighted by Gasteiger charge is 2.27. The van der Waals surface area contributed by atoms with Crippen molar-refractivity contribution in [3.05, 3.63) is 90.9 Å². The van der Waals surface area contributed by atoms with E-state index in [2.05, 4.69) is 30.1 Å². The number of hydrogen-bond acceptors (Lipinski definition) is 8. The van der Waals surface area contributed by atoms with Crippen LogP contribution in [0.2, 0.25) is 0 Å². The van der Waals surface area contributed by atoms with Gasteiger partial charge in [-0.05, 0) is 57.2 Å². The largest absolute Gasteiger partial charge is 0.443 e. The highest BCUT2D eigenvalue weighted by atomic mass is 16.6. The van der Waals surface area contributed by atoms with Gasteiger partial charge < -0.3 is 9.72 Å². The molecule has 204 valence electrons. The Morgan fingerprint density at radius 2 is 1.78 bits per heavy atom. The molecule has 0 atom stereocenters. The molecule has 0 aliphatic rings. The fourth-order valence-electron chi connectivity index (χ4n) is 4.42. The van der Waals surface area contributed by atoms with E-state index < -0.39 is 11.7 Å². The number of rotatable bonds is 6. The highest BCUT2D eigenvalue weighted by Crippen LogP contribution is 2.31. The van der Waals surface area contributed by atoms with Crippen LogP contribution in [0, 0.1) is 0 Å². The molecular formula is C30H26N8O3. The summed E-state index contributed by atoms with van der Waals surface area (Å²) in [6, 6.07) is 14.6. The van der Waals surface area contributed by atoms with Gasteiger partial charge in [-0.2, -0.15) is 5.10 Å². The number of fused-ring (bicyclic) bond motifs is 2. The summed E-state index contributed by atoms with van der Waals surface area (Å²) < 4.78 is 5.73. The molecule has 0 aliphatic heterocycles. The van der Waals surface area contributed by atoms with Crippen LogP contribution in [0.3, 0.4) is 0 Å². The van der Waals surface area contributed by atoms with E-state index in [1.54, 1.807) is 43.1 Å². The monoisotopic (exact) mass is 546 g/mol. The Kier molecular flexibility index (Phi) is 6.46. The first-order chi connectivity index (χ1) is 19.7. The van der Waals surface area contributed by atoms with Crippen LogP contribution in [0.5, 0.6) is 0 Å². The SMILES string of the molecule is CC(C)(C)OC(=O)N(c1ccc2[nH]ncc2c1)c1ccnc(-c2ccc3cc(C(=O)Cc4cnccn4)[nH]c3c2)n1. The van der Waals surface area contributed by atoms with Crippen molar-refractivity contribution in [3.63, 3.8) is 0 Å². The van der Waals surface area contributed by atoms with Crippen molar-refractivity contribution in [1.82, 2.24) is 35.1 Å². The van der Waals surface area contributed by atoms with Crippen molar-refractivity contribution in [2.75, 3.05) is 4.90 Å². The summed E-state index contributed by atoms with van der Waals surface area (Å²) in [6.45, 7) is 5.43. The van der Waals surface area contributed by atoms with Crippen LogP contribution in [0.4, 0.5) is 16.3 Å². The number of carbonyl (C=O) groups is 2. The number of aromatic nitrogens is 7. The minimum Gasteiger partial charge on any atom is -0.443 e. The molecule has 0 bridgehead atoms. The van der Waals surface area contributed by atoms with Crippen LogP contribution < -0.4 is 4.90 Å². The van der Waals surface area contributed by atoms with Gasteiger partial charge in [0.15, 0.2) is 11.6 Å². The van der Waals surface area contributed by atoms with Crippen LogP contribution >= 0.6 is 0 Å². The molecule has 0 saturated carbocycles. The van der Waals surface area contributed by atoms with Crippen molar-refractivity contribution in [3.8, 4) is 11.4 Å². The summed E-state index contributed by atoms with van der Waals surface area (Å²) in [5, 5.41) is 8.71. The molecule has 6 aromatic rings. The summed E-state index contributed by atoms with van der Waals surface area (Å²) >= 11 is 0. The molecule has 4 aromatic heterocycles. The Bertz CT molecular complexity index is 1890. The molecule has 11 heteroatoms. The molecule has 0 aliphatic carbocycles. The van der Waals surface area contributed by atoms with Crippen LogP contribution in [-0.2, 0) is 11.2 Å². The molecule has 2 aromatic carbocycles. The topological polar surface area (TPSA) is 143 Å². The van der Waals surface area contributed by atoms with Crippen molar-refractivity contribution >= 4 is 45.2 Å². The van der Waals surface area contributed by atoms with Gasteiger partial charge in [-0.3, -0.25) is 19.9 Å². The lowest BCUT2D eigenvalue weighted by atomic mass is 10.1. The molecule has 1 amide bonds. The second-order valence-corrected chi connectivity index (χ2v) is 10.5. The number of nitrogens with zero attached hydrogens (tertiary/aromatic N) is 6. The van der Waals surface area contributed by atoms with Gasteiger partial charge in [-0.1, -0.05) is 12.1 Å². The van der Waals surface area contributed by atoms with Gasteiger partial charge in [-0.25, -0.2) is 19.7 Å². The smallest absolute Gasteiger partial charge is 0.420 e. The number of hydrogen-bond donors (Lipinski definition) is 2. The van der Waals surface area contributed by atoms with Gasteiger partial charge in [0.05, 0.1) is 35.2 Å². The molecule has 0 radical (unpaired) electrons. The summed E-state index contributed by atoms with van der Waals surface area (Å²) in [7, 11) is 0. The van der Waals surface area contributed by atoms with E-state index in [0.29, 0.717) is 34.3 Å². The Morgan fingerprint density at radius 3 is 2.59 bits per heavy atom. The number of carbonyl (C=O) groups excluding carboxylic acids is 2. The first-order valence-corrected chi connectivity index (χ1v) is 12.9. The molecule has 11 nitrogen and oxygen atoms in total. The van der Waals surface area contributed by atoms with E-state index >= 15 is 0 Å². The minimum absolute atomic E-state index is 0.0934. The summed E-state index contributed by atoms with van der Waals surface area (Å²) in [5.74, 6) is 0.659. The van der Waals surface area contributed by atoms with Crippen molar-refractivity contribution in [2.24, 2.45) is 0 Å². The maximum atomic E-state index is 13.4. The predicted molar refractivity (Wildman–Crippen MR) is 154 cm³/mol. The third-order valence-corrected chi connectivity index (χ3v) is 6.27. The highest BCUT2D eigenvalue weighted by molar-refractivity contribution is 6.01. The van der Waals surface area contributed by atoms with Crippen LogP contribution in [0.25, 0.3) is 33.2 Å². The van der Waals surface area contributed by atoms with Crippen LogP contribution in [0.15, 0.2) is 79.5 Å². The van der Waals surface area contributed by atoms with E-state index in [0.717, 1.165) is 21.8 Å². The fraction of sp³-hybridized carbons (Fsp3) is 0.167. The fourth-order valence-corrected chi connectivity index (χ4v) is 4.42. The summed E-state index contributed by atoms with van der Waals surface area (Å²) in [5.41, 5.74) is 3.24. The normalized spacial score (nSPS) is 11.6. The van der Waals surface area contributed by atoms with Gasteiger partial charge in [0.25, 0.3) is 0 Å². The summed E-state index contributed by atoms with van der Waals surface area (Å²) in [4.78, 5) is 48.3. The standard InChI is InChI=1S/C30H26N8O3/c1-30(2,3)41-29(40)38(22-6-7-23-20(12-22)16-34-37-23)27-8-9-33-28(36-27)19-5-4-18-13-25(35-24(18)14-19)26(39)15-21-17-31-10-11-32-21/h4-14,16-17,35H,15H2,1-3H3,(H,34,37). The number of nitrogens with one attached hydrogen (secondary N) is 2. The van der Waals surface area contributed by atoms with Gasteiger partial charge in [-0.15, -0.1) is 0 Å². The third kappa shape index (κ3) is 5.50. The second-order valence-electron chi connectivity index (χ2n) is 10.5. The number of benzene rings is 2. The zero-order valence-corrected chi connectivity index (χ0v) is 22.6. The van der Waals surface area contributed by atoms with Gasteiger partial charge in [0.2, 0.25) is 0 Å². The Morgan fingerprint density at radius 1 is 0.902 bits per heavy atom.